The van der Waals surface area contributed by atoms with Crippen molar-refractivity contribution in [2.45, 2.75) is 97.9 Å². The first-order valence-electron chi connectivity index (χ1n) is 15.7. The Hall–Kier alpha value is -3.26. The van der Waals surface area contributed by atoms with Gasteiger partial charge in [-0.15, -0.1) is 0 Å². The van der Waals surface area contributed by atoms with Gasteiger partial charge in [0.2, 0.25) is 0 Å². The van der Waals surface area contributed by atoms with Gasteiger partial charge in [-0.1, -0.05) is 12.1 Å². The molecule has 0 aliphatic heterocycles. The van der Waals surface area contributed by atoms with Crippen LogP contribution >= 0.6 is 0 Å². The van der Waals surface area contributed by atoms with Crippen molar-refractivity contribution in [3.63, 3.8) is 0 Å². The number of amides is 3. The fourth-order valence-corrected chi connectivity index (χ4v) is 4.42. The third-order valence-electron chi connectivity index (χ3n) is 6.18. The first kappa shape index (κ1) is 40.8. The van der Waals surface area contributed by atoms with Crippen LogP contribution in [-0.2, 0) is 35.1 Å². The molecule has 0 heterocycles. The summed E-state index contributed by atoms with van der Waals surface area (Å²) < 4.78 is 48.7. The highest BCUT2D eigenvalue weighted by Crippen LogP contribution is 2.15. The predicted molar refractivity (Wildman–Crippen MR) is 175 cm³/mol. The molecular weight excluding hydrogens is 618 g/mol. The lowest BCUT2D eigenvalue weighted by atomic mass is 10.2. The van der Waals surface area contributed by atoms with Gasteiger partial charge < -0.3 is 34.1 Å². The van der Waals surface area contributed by atoms with Crippen molar-refractivity contribution in [1.82, 2.24) is 15.1 Å². The van der Waals surface area contributed by atoms with Crippen LogP contribution in [0.1, 0.15) is 85.6 Å². The SMILES string of the molecule is COc1ccc(COC(=O)NCCCCN(CCCCN(CCCCOS(C)(=O)=O)C(=O)OC(C)(C)C)C(=O)OC(C)(C)C)cc1. The second-order valence-corrected chi connectivity index (χ2v) is 14.6. The van der Waals surface area contributed by atoms with E-state index < -0.39 is 39.6 Å². The lowest BCUT2D eigenvalue weighted by Crippen LogP contribution is -2.39. The molecule has 0 saturated carbocycles. The van der Waals surface area contributed by atoms with Crippen molar-refractivity contribution >= 4 is 28.4 Å². The first-order chi connectivity index (χ1) is 21.4. The molecular formula is C32H55N3O10S. The number of nitrogens with zero attached hydrogens (tertiary/aromatic N) is 2. The maximum atomic E-state index is 12.9. The van der Waals surface area contributed by atoms with Gasteiger partial charge in [-0.2, -0.15) is 8.42 Å². The van der Waals surface area contributed by atoms with Crippen LogP contribution in [-0.4, -0.2) is 100 Å². The minimum Gasteiger partial charge on any atom is -0.497 e. The zero-order valence-corrected chi connectivity index (χ0v) is 29.7. The number of carbonyl (C=O) groups is 3. The van der Waals surface area contributed by atoms with E-state index in [0.717, 1.165) is 17.6 Å². The minimum atomic E-state index is -3.51. The van der Waals surface area contributed by atoms with Gasteiger partial charge in [0.1, 0.15) is 23.6 Å². The Morgan fingerprint density at radius 2 is 1.20 bits per heavy atom. The van der Waals surface area contributed by atoms with Crippen LogP contribution in [0.2, 0.25) is 0 Å². The highest BCUT2D eigenvalue weighted by Gasteiger charge is 2.24. The number of methoxy groups -OCH3 is 1. The fraction of sp³-hybridized carbons (Fsp3) is 0.719. The van der Waals surface area contributed by atoms with Gasteiger partial charge in [0, 0.05) is 32.7 Å². The van der Waals surface area contributed by atoms with Crippen LogP contribution < -0.4 is 10.1 Å². The summed E-state index contributed by atoms with van der Waals surface area (Å²) >= 11 is 0. The number of hydrogen-bond donors (Lipinski definition) is 1. The van der Waals surface area contributed by atoms with E-state index in [2.05, 4.69) is 5.32 Å². The number of rotatable bonds is 19. The molecule has 0 spiro atoms. The minimum absolute atomic E-state index is 0.0479. The quantitative estimate of drug-likeness (QED) is 0.110. The van der Waals surface area contributed by atoms with Gasteiger partial charge in [-0.25, -0.2) is 14.4 Å². The number of hydrogen-bond acceptors (Lipinski definition) is 10. The van der Waals surface area contributed by atoms with Crippen LogP contribution in [0.5, 0.6) is 5.75 Å². The summed E-state index contributed by atoms with van der Waals surface area (Å²) in [4.78, 5) is 41.1. The molecule has 0 radical (unpaired) electrons. The molecule has 1 aromatic carbocycles. The average molecular weight is 674 g/mol. The van der Waals surface area contributed by atoms with Gasteiger partial charge in [0.25, 0.3) is 10.1 Å². The molecule has 0 atom stereocenters. The van der Waals surface area contributed by atoms with E-state index >= 15 is 0 Å². The van der Waals surface area contributed by atoms with Gasteiger partial charge in [-0.05, 0) is 97.8 Å². The summed E-state index contributed by atoms with van der Waals surface area (Å²) in [5.74, 6) is 0.725. The lowest BCUT2D eigenvalue weighted by molar-refractivity contribution is 0.0206. The summed E-state index contributed by atoms with van der Waals surface area (Å²) in [5, 5.41) is 2.73. The number of unbranched alkanes of at least 4 members (excludes halogenated alkanes) is 3. The Morgan fingerprint density at radius 3 is 1.63 bits per heavy atom. The third kappa shape index (κ3) is 20.7. The van der Waals surface area contributed by atoms with Gasteiger partial charge >= 0.3 is 18.3 Å². The number of ether oxygens (including phenoxy) is 4. The third-order valence-corrected chi connectivity index (χ3v) is 6.78. The molecule has 0 saturated heterocycles. The zero-order valence-electron chi connectivity index (χ0n) is 28.9. The summed E-state index contributed by atoms with van der Waals surface area (Å²) in [5.41, 5.74) is -0.471. The molecule has 0 aliphatic rings. The largest absolute Gasteiger partial charge is 0.497 e. The van der Waals surface area contributed by atoms with Gasteiger partial charge in [-0.3, -0.25) is 4.18 Å². The van der Waals surface area contributed by atoms with Gasteiger partial charge in [0.15, 0.2) is 0 Å². The molecule has 0 aromatic heterocycles. The fourth-order valence-electron chi connectivity index (χ4n) is 4.00. The van der Waals surface area contributed by atoms with E-state index in [1.165, 1.54) is 0 Å². The zero-order chi connectivity index (χ0) is 34.8. The maximum Gasteiger partial charge on any atom is 0.410 e. The van der Waals surface area contributed by atoms with E-state index in [4.69, 9.17) is 23.1 Å². The first-order valence-corrected chi connectivity index (χ1v) is 17.5. The molecule has 1 rings (SSSR count). The molecule has 14 heteroatoms. The van der Waals surface area contributed by atoms with Crippen molar-refractivity contribution in [3.8, 4) is 5.75 Å². The molecule has 0 unspecified atom stereocenters. The highest BCUT2D eigenvalue weighted by molar-refractivity contribution is 7.85. The van der Waals surface area contributed by atoms with E-state index in [9.17, 15) is 22.8 Å². The normalized spacial score (nSPS) is 11.8. The molecule has 1 aromatic rings. The number of alkyl carbamates (subject to hydrolysis) is 1. The summed E-state index contributed by atoms with van der Waals surface area (Å²) in [6.45, 7) is 13.1. The van der Waals surface area contributed by atoms with E-state index in [1.54, 1.807) is 49.8 Å². The molecule has 13 nitrogen and oxygen atoms in total. The van der Waals surface area contributed by atoms with Crippen LogP contribution in [0, 0.1) is 0 Å². The van der Waals surface area contributed by atoms with Crippen molar-refractivity contribution in [2.24, 2.45) is 0 Å². The molecule has 0 fully saturated rings. The van der Waals surface area contributed by atoms with Crippen LogP contribution in [0.15, 0.2) is 24.3 Å². The van der Waals surface area contributed by atoms with Crippen molar-refractivity contribution in [2.75, 3.05) is 52.7 Å². The monoisotopic (exact) mass is 673 g/mol. The van der Waals surface area contributed by atoms with Crippen molar-refractivity contribution in [3.05, 3.63) is 29.8 Å². The van der Waals surface area contributed by atoms with E-state index in [-0.39, 0.29) is 13.2 Å². The number of benzene rings is 1. The smallest absolute Gasteiger partial charge is 0.410 e. The van der Waals surface area contributed by atoms with Gasteiger partial charge in [0.05, 0.1) is 20.0 Å². The van der Waals surface area contributed by atoms with Crippen LogP contribution in [0.25, 0.3) is 0 Å². The topological polar surface area (TPSA) is 150 Å². The Kier molecular flexibility index (Phi) is 17.8. The summed E-state index contributed by atoms with van der Waals surface area (Å²) in [7, 11) is -1.93. The summed E-state index contributed by atoms with van der Waals surface area (Å²) in [6, 6.07) is 7.25. The molecule has 0 aliphatic carbocycles. The van der Waals surface area contributed by atoms with Crippen molar-refractivity contribution < 1.29 is 45.9 Å². The summed E-state index contributed by atoms with van der Waals surface area (Å²) in [6.07, 6.45) is 3.12. The predicted octanol–water partition coefficient (Wildman–Crippen LogP) is 5.71. The van der Waals surface area contributed by atoms with Crippen LogP contribution in [0.3, 0.4) is 0 Å². The second-order valence-electron chi connectivity index (χ2n) is 12.9. The number of nitrogens with one attached hydrogen (secondary N) is 1. The molecule has 1 N–H and O–H groups in total. The van der Waals surface area contributed by atoms with Crippen LogP contribution in [0.4, 0.5) is 14.4 Å². The number of carbonyl (C=O) groups excluding carboxylic acids is 3. The Labute approximate surface area is 275 Å². The van der Waals surface area contributed by atoms with E-state index in [1.807, 2.05) is 32.9 Å². The highest BCUT2D eigenvalue weighted by atomic mass is 32.2. The Morgan fingerprint density at radius 1 is 0.739 bits per heavy atom. The lowest BCUT2D eigenvalue weighted by Gasteiger charge is -2.29. The Bertz CT molecular complexity index is 1160. The van der Waals surface area contributed by atoms with Crippen molar-refractivity contribution in [1.29, 1.82) is 0 Å². The van der Waals surface area contributed by atoms with E-state index in [0.29, 0.717) is 71.2 Å². The average Bonchev–Trinajstić information content (AvgIpc) is 2.93. The molecule has 264 valence electrons. The Balaban J connectivity index is 2.57. The second kappa shape index (κ2) is 20.1. The standard InChI is InChI=1S/C32H55N3O10S/c1-31(2,3)44-29(37)34(20-10-9-19-33-28(36)42-25-26-15-17-27(41-7)18-16-26)21-11-12-22-35(30(38)45-32(4,5)6)23-13-14-24-43-46(8,39)40/h15-18H,9-14,19-25H2,1-8H3,(H,33,36). The molecule has 3 amide bonds. The molecule has 46 heavy (non-hydrogen) atoms. The maximum absolute atomic E-state index is 12.9. The molecule has 0 bridgehead atoms.